The first-order valence-electron chi connectivity index (χ1n) is 6.52. The minimum atomic E-state index is -3.21. The molecule has 0 bridgehead atoms. The van der Waals surface area contributed by atoms with Crippen molar-refractivity contribution in [1.82, 2.24) is 4.31 Å². The number of aliphatic hydroxyl groups excluding tert-OH is 1. The molecule has 0 amide bonds. The van der Waals surface area contributed by atoms with E-state index in [-0.39, 0.29) is 18.2 Å². The van der Waals surface area contributed by atoms with Gasteiger partial charge in [0.2, 0.25) is 10.0 Å². The fourth-order valence-corrected chi connectivity index (χ4v) is 3.66. The van der Waals surface area contributed by atoms with E-state index in [9.17, 15) is 13.5 Å². The summed E-state index contributed by atoms with van der Waals surface area (Å²) in [5.41, 5.74) is 0. The van der Waals surface area contributed by atoms with Crippen molar-refractivity contribution < 1.29 is 13.5 Å². The fourth-order valence-electron chi connectivity index (χ4n) is 1.96. The summed E-state index contributed by atoms with van der Waals surface area (Å²) >= 11 is 0. The maximum absolute atomic E-state index is 12.1. The number of hydrogen-bond donors (Lipinski definition) is 1. The number of nitrogens with zero attached hydrogens (tertiary/aromatic N) is 1. The zero-order valence-corrected chi connectivity index (χ0v) is 11.9. The maximum Gasteiger partial charge on any atom is 0.214 e. The first kappa shape index (κ1) is 14.9. The first-order valence-corrected chi connectivity index (χ1v) is 8.13. The molecule has 0 aliphatic heterocycles. The Hall–Kier alpha value is -0.130. The Bertz CT molecular complexity index is 321. The standard InChI is InChI=1S/C12H25NO3S/c1-4-10(5-2)9-17(15,16)13(3)8-12(14)11-6-7-11/h10-12,14H,4-9H2,1-3H3. The van der Waals surface area contributed by atoms with Gasteiger partial charge in [-0.2, -0.15) is 0 Å². The third-order valence-electron chi connectivity index (χ3n) is 3.69. The highest BCUT2D eigenvalue weighted by Crippen LogP contribution is 2.33. The van der Waals surface area contributed by atoms with Crippen molar-refractivity contribution in [2.24, 2.45) is 11.8 Å². The van der Waals surface area contributed by atoms with Gasteiger partial charge in [-0.05, 0) is 24.7 Å². The van der Waals surface area contributed by atoms with E-state index in [2.05, 4.69) is 0 Å². The van der Waals surface area contributed by atoms with E-state index in [0.29, 0.717) is 5.92 Å². The van der Waals surface area contributed by atoms with Crippen LogP contribution in [0.2, 0.25) is 0 Å². The molecule has 0 spiro atoms. The van der Waals surface area contributed by atoms with Gasteiger partial charge in [0.25, 0.3) is 0 Å². The lowest BCUT2D eigenvalue weighted by molar-refractivity contribution is 0.131. The lowest BCUT2D eigenvalue weighted by atomic mass is 10.1. The van der Waals surface area contributed by atoms with Crippen LogP contribution in [-0.4, -0.2) is 43.3 Å². The molecule has 102 valence electrons. The Morgan fingerprint density at radius 2 is 1.82 bits per heavy atom. The molecular formula is C12H25NO3S. The highest BCUT2D eigenvalue weighted by Gasteiger charge is 2.33. The van der Waals surface area contributed by atoms with Gasteiger partial charge >= 0.3 is 0 Å². The predicted octanol–water partition coefficient (Wildman–Crippen LogP) is 1.46. The molecular weight excluding hydrogens is 238 g/mol. The molecule has 0 radical (unpaired) electrons. The van der Waals surface area contributed by atoms with Gasteiger partial charge in [-0.1, -0.05) is 26.7 Å². The Morgan fingerprint density at radius 1 is 1.29 bits per heavy atom. The average molecular weight is 263 g/mol. The molecule has 1 N–H and O–H groups in total. The molecule has 1 fully saturated rings. The molecule has 0 aromatic rings. The van der Waals surface area contributed by atoms with Gasteiger partial charge < -0.3 is 5.11 Å². The van der Waals surface area contributed by atoms with E-state index in [0.717, 1.165) is 25.7 Å². The monoisotopic (exact) mass is 263 g/mol. The molecule has 0 aromatic carbocycles. The Labute approximate surface area is 105 Å². The second-order valence-corrected chi connectivity index (χ2v) is 7.27. The summed E-state index contributed by atoms with van der Waals surface area (Å²) in [6.45, 7) is 4.28. The highest BCUT2D eigenvalue weighted by atomic mass is 32.2. The Morgan fingerprint density at radius 3 is 2.24 bits per heavy atom. The number of sulfonamides is 1. The van der Waals surface area contributed by atoms with Crippen LogP contribution in [0.1, 0.15) is 39.5 Å². The predicted molar refractivity (Wildman–Crippen MR) is 69.2 cm³/mol. The molecule has 1 aliphatic rings. The van der Waals surface area contributed by atoms with Crippen LogP contribution in [-0.2, 0) is 10.0 Å². The molecule has 1 atom stereocenters. The van der Waals surface area contributed by atoms with E-state index < -0.39 is 16.1 Å². The van der Waals surface area contributed by atoms with E-state index in [1.54, 1.807) is 7.05 Å². The molecule has 5 heteroatoms. The van der Waals surface area contributed by atoms with E-state index in [4.69, 9.17) is 0 Å². The molecule has 1 aliphatic carbocycles. The Kier molecular flexibility index (Phi) is 5.41. The van der Waals surface area contributed by atoms with Gasteiger partial charge in [-0.15, -0.1) is 0 Å². The number of hydrogen-bond acceptors (Lipinski definition) is 3. The van der Waals surface area contributed by atoms with Crippen LogP contribution in [0, 0.1) is 11.8 Å². The van der Waals surface area contributed by atoms with Crippen LogP contribution in [0.5, 0.6) is 0 Å². The second-order valence-electron chi connectivity index (χ2n) is 5.15. The fraction of sp³-hybridized carbons (Fsp3) is 1.00. The summed E-state index contributed by atoms with van der Waals surface area (Å²) < 4.78 is 25.4. The van der Waals surface area contributed by atoms with Crippen molar-refractivity contribution in [3.8, 4) is 0 Å². The van der Waals surface area contributed by atoms with E-state index >= 15 is 0 Å². The summed E-state index contributed by atoms with van der Waals surface area (Å²) in [5.74, 6) is 0.745. The summed E-state index contributed by atoms with van der Waals surface area (Å²) in [6, 6.07) is 0. The van der Waals surface area contributed by atoms with Crippen LogP contribution in [0.3, 0.4) is 0 Å². The van der Waals surface area contributed by atoms with Crippen molar-refractivity contribution >= 4 is 10.0 Å². The lowest BCUT2D eigenvalue weighted by Crippen LogP contribution is -2.38. The molecule has 4 nitrogen and oxygen atoms in total. The van der Waals surface area contributed by atoms with Gasteiger partial charge in [0.15, 0.2) is 0 Å². The lowest BCUT2D eigenvalue weighted by Gasteiger charge is -2.22. The largest absolute Gasteiger partial charge is 0.391 e. The van der Waals surface area contributed by atoms with Crippen molar-refractivity contribution in [1.29, 1.82) is 0 Å². The van der Waals surface area contributed by atoms with E-state index in [1.165, 1.54) is 4.31 Å². The van der Waals surface area contributed by atoms with Gasteiger partial charge in [0.05, 0.1) is 11.9 Å². The number of likely N-dealkylation sites (N-methyl/N-ethyl adjacent to an activating group) is 1. The van der Waals surface area contributed by atoms with Gasteiger partial charge in [0, 0.05) is 13.6 Å². The van der Waals surface area contributed by atoms with Crippen LogP contribution in [0.15, 0.2) is 0 Å². The second kappa shape index (κ2) is 6.16. The molecule has 17 heavy (non-hydrogen) atoms. The quantitative estimate of drug-likeness (QED) is 0.721. The van der Waals surface area contributed by atoms with Crippen molar-refractivity contribution in [3.63, 3.8) is 0 Å². The minimum Gasteiger partial charge on any atom is -0.391 e. The number of rotatable bonds is 8. The molecule has 1 saturated carbocycles. The van der Waals surface area contributed by atoms with Crippen LogP contribution in [0.25, 0.3) is 0 Å². The minimum absolute atomic E-state index is 0.202. The van der Waals surface area contributed by atoms with E-state index in [1.807, 2.05) is 13.8 Å². The molecule has 0 saturated heterocycles. The Balaban J connectivity index is 2.49. The average Bonchev–Trinajstić information content (AvgIpc) is 3.09. The zero-order valence-electron chi connectivity index (χ0n) is 11.1. The van der Waals surface area contributed by atoms with Crippen LogP contribution < -0.4 is 0 Å². The van der Waals surface area contributed by atoms with Crippen molar-refractivity contribution in [2.75, 3.05) is 19.3 Å². The summed E-state index contributed by atoms with van der Waals surface area (Å²) in [4.78, 5) is 0. The normalized spacial score (nSPS) is 18.9. The maximum atomic E-state index is 12.1. The van der Waals surface area contributed by atoms with Crippen molar-refractivity contribution in [2.45, 2.75) is 45.6 Å². The zero-order chi connectivity index (χ0) is 13.1. The SMILES string of the molecule is CCC(CC)CS(=O)(=O)N(C)CC(O)C1CC1. The molecule has 0 heterocycles. The van der Waals surface area contributed by atoms with Crippen LogP contribution in [0.4, 0.5) is 0 Å². The molecule has 0 aromatic heterocycles. The molecule has 1 rings (SSSR count). The van der Waals surface area contributed by atoms with Gasteiger partial charge in [-0.25, -0.2) is 12.7 Å². The summed E-state index contributed by atoms with van der Waals surface area (Å²) in [7, 11) is -1.64. The topological polar surface area (TPSA) is 57.6 Å². The van der Waals surface area contributed by atoms with Gasteiger partial charge in [-0.3, -0.25) is 0 Å². The highest BCUT2D eigenvalue weighted by molar-refractivity contribution is 7.89. The smallest absolute Gasteiger partial charge is 0.214 e. The van der Waals surface area contributed by atoms with Gasteiger partial charge in [0.1, 0.15) is 0 Å². The summed E-state index contributed by atoms with van der Waals surface area (Å²) in [6.07, 6.45) is 3.34. The summed E-state index contributed by atoms with van der Waals surface area (Å²) in [5, 5.41) is 9.77. The number of aliphatic hydroxyl groups is 1. The molecule has 1 unspecified atom stereocenters. The first-order chi connectivity index (χ1) is 7.90. The van der Waals surface area contributed by atoms with Crippen LogP contribution >= 0.6 is 0 Å². The van der Waals surface area contributed by atoms with Crippen molar-refractivity contribution in [3.05, 3.63) is 0 Å². The third kappa shape index (κ3) is 4.56. The third-order valence-corrected chi connectivity index (χ3v) is 5.68.